The summed E-state index contributed by atoms with van der Waals surface area (Å²) in [5.41, 5.74) is 14.4. The second kappa shape index (κ2) is 14.5. The summed E-state index contributed by atoms with van der Waals surface area (Å²) in [5.74, 6) is 0. The molecule has 0 spiro atoms. The van der Waals surface area contributed by atoms with Crippen LogP contribution in [-0.2, 0) is 0 Å². The zero-order valence-corrected chi connectivity index (χ0v) is 35.9. The van der Waals surface area contributed by atoms with Crippen molar-refractivity contribution in [3.05, 3.63) is 237 Å². The van der Waals surface area contributed by atoms with Gasteiger partial charge in [-0.15, -0.1) is 0 Å². The van der Waals surface area contributed by atoms with Gasteiger partial charge in [-0.3, -0.25) is 0 Å². The predicted octanol–water partition coefficient (Wildman–Crippen LogP) is 12.2. The molecule has 9 aromatic carbocycles. The van der Waals surface area contributed by atoms with Crippen LogP contribution in [0.15, 0.2) is 237 Å². The van der Waals surface area contributed by atoms with E-state index in [1.165, 1.54) is 64.8 Å². The van der Waals surface area contributed by atoms with E-state index in [4.69, 9.17) is 9.97 Å². The first kappa shape index (κ1) is 36.5. The largest absolute Gasteiger partial charge is 0.309 e. The van der Waals surface area contributed by atoms with Gasteiger partial charge in [0.25, 0.3) is 0 Å². The SMILES string of the molecule is c1ccc([Si]2(c3ccccc3)c3ccccc3-c3cc(-c4ccc(-c5ccc6ccc7ccc(-c8ccc(-n9c%10ccccc%10c%10ccccc%109)cc8)nc7c6n5)cc4)ccc32)cc1. The minimum atomic E-state index is -2.51. The van der Waals surface area contributed by atoms with E-state index in [0.717, 1.165) is 50.0 Å². The van der Waals surface area contributed by atoms with Crippen molar-refractivity contribution in [3.8, 4) is 50.5 Å². The van der Waals surface area contributed by atoms with Crippen molar-refractivity contribution in [3.63, 3.8) is 0 Å². The molecule has 3 aromatic heterocycles. The lowest BCUT2D eigenvalue weighted by atomic mass is 9.98. The minimum absolute atomic E-state index is 0.906. The Hall–Kier alpha value is -8.18. The highest BCUT2D eigenvalue weighted by molar-refractivity contribution is 7.22. The molecule has 0 radical (unpaired) electrons. The van der Waals surface area contributed by atoms with Crippen LogP contribution in [0.5, 0.6) is 0 Å². The zero-order chi connectivity index (χ0) is 42.2. The predicted molar refractivity (Wildman–Crippen MR) is 270 cm³/mol. The highest BCUT2D eigenvalue weighted by Gasteiger charge is 2.48. The lowest BCUT2D eigenvalue weighted by Crippen LogP contribution is -2.72. The van der Waals surface area contributed by atoms with Crippen molar-refractivity contribution in [1.29, 1.82) is 0 Å². The van der Waals surface area contributed by atoms with Crippen molar-refractivity contribution in [1.82, 2.24) is 14.5 Å². The molecule has 4 heterocycles. The third-order valence-corrected chi connectivity index (χ3v) is 18.4. The fraction of sp³-hybridized carbons (Fsp3) is 0. The molecular formula is C60H39N3Si. The number of fused-ring (bicyclic) bond motifs is 9. The minimum Gasteiger partial charge on any atom is -0.309 e. The molecule has 0 unspecified atom stereocenters. The molecule has 0 N–H and O–H groups in total. The van der Waals surface area contributed by atoms with Gasteiger partial charge in [-0.1, -0.05) is 194 Å². The molecule has 0 amide bonds. The molecule has 1 aliphatic heterocycles. The second-order valence-corrected chi connectivity index (χ2v) is 20.6. The van der Waals surface area contributed by atoms with E-state index < -0.39 is 8.07 Å². The number of hydrogen-bond donors (Lipinski definition) is 0. The van der Waals surface area contributed by atoms with Gasteiger partial charge in [-0.25, -0.2) is 9.97 Å². The summed E-state index contributed by atoms with van der Waals surface area (Å²) < 4.78 is 2.35. The maximum Gasteiger partial charge on any atom is 0.180 e. The van der Waals surface area contributed by atoms with E-state index >= 15 is 0 Å². The number of benzene rings is 9. The van der Waals surface area contributed by atoms with Crippen LogP contribution < -0.4 is 20.7 Å². The highest BCUT2D eigenvalue weighted by atomic mass is 28.3. The van der Waals surface area contributed by atoms with E-state index in [1.54, 1.807) is 0 Å². The quantitative estimate of drug-likeness (QED) is 0.123. The van der Waals surface area contributed by atoms with Crippen LogP contribution in [0.2, 0.25) is 0 Å². The fourth-order valence-electron chi connectivity index (χ4n) is 10.5. The Morgan fingerprint density at radius 1 is 0.328 bits per heavy atom. The lowest BCUT2D eigenvalue weighted by molar-refractivity contribution is 1.18. The Bertz CT molecular complexity index is 3670. The zero-order valence-electron chi connectivity index (χ0n) is 34.9. The van der Waals surface area contributed by atoms with Gasteiger partial charge in [0.2, 0.25) is 0 Å². The van der Waals surface area contributed by atoms with E-state index in [-0.39, 0.29) is 0 Å². The summed E-state index contributed by atoms with van der Waals surface area (Å²) >= 11 is 0. The molecule has 0 aliphatic carbocycles. The number of nitrogens with zero attached hydrogens (tertiary/aromatic N) is 3. The Kier molecular flexibility index (Phi) is 8.23. The molecule has 0 fully saturated rings. The summed E-state index contributed by atoms with van der Waals surface area (Å²) in [4.78, 5) is 10.6. The van der Waals surface area contributed by atoms with Crippen molar-refractivity contribution in [2.75, 3.05) is 0 Å². The average molecular weight is 830 g/mol. The maximum atomic E-state index is 5.30. The number of aromatic nitrogens is 3. The van der Waals surface area contributed by atoms with Crippen molar-refractivity contribution < 1.29 is 0 Å². The molecule has 64 heavy (non-hydrogen) atoms. The standard InChI is InChI=1S/C60H39N3Si/c1-3-13-47(14-4-1)64(48-15-5-2-6-16-48)57-22-12-9-19-51(57)52-39-45(33-38-58(52)64)40-23-25-41(26-24-40)53-36-31-43-27-28-44-32-37-54(62-60(44)59(43)61-53)42-29-34-46(35-30-42)63-55-20-10-7-17-49(55)50-18-8-11-21-56(50)63/h1-39H. The third-order valence-electron chi connectivity index (χ3n) is 13.5. The topological polar surface area (TPSA) is 30.7 Å². The Morgan fingerprint density at radius 2 is 0.781 bits per heavy atom. The first-order chi connectivity index (χ1) is 31.7. The van der Waals surface area contributed by atoms with Crippen LogP contribution in [0.25, 0.3) is 94.1 Å². The van der Waals surface area contributed by atoms with Gasteiger partial charge in [0.05, 0.1) is 33.5 Å². The first-order valence-corrected chi connectivity index (χ1v) is 24.0. The second-order valence-electron chi connectivity index (χ2n) is 16.9. The van der Waals surface area contributed by atoms with E-state index in [1.807, 2.05) is 0 Å². The molecule has 0 bridgehead atoms. The van der Waals surface area contributed by atoms with Gasteiger partial charge >= 0.3 is 0 Å². The Balaban J connectivity index is 0.846. The van der Waals surface area contributed by atoms with Gasteiger partial charge in [-0.2, -0.15) is 0 Å². The summed E-state index contributed by atoms with van der Waals surface area (Å²) in [6.07, 6.45) is 0. The van der Waals surface area contributed by atoms with Gasteiger partial charge in [0, 0.05) is 38.4 Å². The number of pyridine rings is 2. The van der Waals surface area contributed by atoms with Gasteiger partial charge in [0.1, 0.15) is 0 Å². The van der Waals surface area contributed by atoms with Gasteiger partial charge < -0.3 is 4.57 Å². The molecular weight excluding hydrogens is 791 g/mol. The molecule has 12 aromatic rings. The lowest BCUT2D eigenvalue weighted by Gasteiger charge is -2.31. The van der Waals surface area contributed by atoms with Gasteiger partial charge in [0.15, 0.2) is 8.07 Å². The van der Waals surface area contributed by atoms with E-state index in [0.29, 0.717) is 0 Å². The van der Waals surface area contributed by atoms with Crippen molar-refractivity contribution in [2.45, 2.75) is 0 Å². The summed E-state index contributed by atoms with van der Waals surface area (Å²) in [6.45, 7) is 0. The molecule has 3 nitrogen and oxygen atoms in total. The normalized spacial score (nSPS) is 12.8. The van der Waals surface area contributed by atoms with Gasteiger partial charge in [-0.05, 0) is 85.5 Å². The van der Waals surface area contributed by atoms with Crippen molar-refractivity contribution >= 4 is 72.4 Å². The van der Waals surface area contributed by atoms with Crippen molar-refractivity contribution in [2.24, 2.45) is 0 Å². The Labute approximate surface area is 372 Å². The van der Waals surface area contributed by atoms with Crippen LogP contribution in [0.4, 0.5) is 0 Å². The summed E-state index contributed by atoms with van der Waals surface area (Å²) in [5, 5.41) is 10.4. The maximum absolute atomic E-state index is 5.30. The van der Waals surface area contributed by atoms with E-state index in [2.05, 4.69) is 241 Å². The average Bonchev–Trinajstić information content (AvgIpc) is 3.87. The molecule has 4 heteroatoms. The van der Waals surface area contributed by atoms with Crippen LogP contribution in [0, 0.1) is 0 Å². The van der Waals surface area contributed by atoms with Crippen LogP contribution in [0.3, 0.4) is 0 Å². The number of para-hydroxylation sites is 2. The molecule has 0 atom stereocenters. The highest BCUT2D eigenvalue weighted by Crippen LogP contribution is 2.36. The summed E-state index contributed by atoms with van der Waals surface area (Å²) in [6, 6.07) is 86.5. The van der Waals surface area contributed by atoms with Crippen LogP contribution in [0.1, 0.15) is 0 Å². The number of hydrogen-bond acceptors (Lipinski definition) is 2. The fourth-order valence-corrected chi connectivity index (χ4v) is 15.7. The summed E-state index contributed by atoms with van der Waals surface area (Å²) in [7, 11) is -2.51. The first-order valence-electron chi connectivity index (χ1n) is 22.0. The molecule has 0 saturated heterocycles. The monoisotopic (exact) mass is 829 g/mol. The Morgan fingerprint density at radius 3 is 1.38 bits per heavy atom. The smallest absolute Gasteiger partial charge is 0.180 e. The van der Waals surface area contributed by atoms with Crippen LogP contribution in [-0.4, -0.2) is 22.6 Å². The molecule has 13 rings (SSSR count). The van der Waals surface area contributed by atoms with E-state index in [9.17, 15) is 0 Å². The third kappa shape index (κ3) is 5.53. The van der Waals surface area contributed by atoms with Crippen LogP contribution >= 0.6 is 0 Å². The molecule has 1 aliphatic rings. The number of rotatable bonds is 6. The molecule has 0 saturated carbocycles. The molecule has 298 valence electrons.